The molecule has 2 amide bonds. The van der Waals surface area contributed by atoms with E-state index in [1.165, 1.54) is 0 Å². The molecule has 0 heterocycles. The number of para-hydroxylation sites is 2. The zero-order valence-electron chi connectivity index (χ0n) is 13.2. The fourth-order valence-corrected chi connectivity index (χ4v) is 2.21. The number of hydrogen-bond donors (Lipinski definition) is 1. The molecule has 22 heavy (non-hydrogen) atoms. The Morgan fingerprint density at radius 3 is 1.86 bits per heavy atom. The van der Waals surface area contributed by atoms with Gasteiger partial charge in [-0.25, -0.2) is 4.79 Å². The fourth-order valence-electron chi connectivity index (χ4n) is 2.21. The SMILES string of the molecule is CN(C)CCCNC(=O)N(c1ccccc1)c1ccccc1. The molecule has 116 valence electrons. The van der Waals surface area contributed by atoms with Crippen molar-refractivity contribution in [3.05, 3.63) is 60.7 Å². The second-order valence-corrected chi connectivity index (χ2v) is 5.40. The van der Waals surface area contributed by atoms with Gasteiger partial charge in [-0.15, -0.1) is 0 Å². The summed E-state index contributed by atoms with van der Waals surface area (Å²) in [6, 6.07) is 19.3. The normalized spacial score (nSPS) is 10.5. The zero-order chi connectivity index (χ0) is 15.8. The van der Waals surface area contributed by atoms with E-state index in [9.17, 15) is 4.79 Å². The van der Waals surface area contributed by atoms with Gasteiger partial charge in [-0.3, -0.25) is 4.90 Å². The fraction of sp³-hybridized carbons (Fsp3) is 0.278. The Morgan fingerprint density at radius 2 is 1.41 bits per heavy atom. The van der Waals surface area contributed by atoms with E-state index < -0.39 is 0 Å². The van der Waals surface area contributed by atoms with Gasteiger partial charge in [-0.05, 0) is 51.3 Å². The number of nitrogens with one attached hydrogen (secondary N) is 1. The molecule has 0 bridgehead atoms. The van der Waals surface area contributed by atoms with Crippen LogP contribution in [0, 0.1) is 0 Å². The highest BCUT2D eigenvalue weighted by Gasteiger charge is 2.16. The van der Waals surface area contributed by atoms with Crippen LogP contribution in [0.15, 0.2) is 60.7 Å². The number of carbonyl (C=O) groups is 1. The monoisotopic (exact) mass is 297 g/mol. The summed E-state index contributed by atoms with van der Waals surface area (Å²) in [7, 11) is 4.06. The summed E-state index contributed by atoms with van der Waals surface area (Å²) < 4.78 is 0. The third kappa shape index (κ3) is 4.60. The van der Waals surface area contributed by atoms with Crippen molar-refractivity contribution in [2.75, 3.05) is 32.1 Å². The minimum Gasteiger partial charge on any atom is -0.337 e. The molecule has 0 spiro atoms. The van der Waals surface area contributed by atoms with Crippen molar-refractivity contribution < 1.29 is 4.79 Å². The Labute approximate surface area is 132 Å². The third-order valence-corrected chi connectivity index (χ3v) is 3.29. The molecule has 0 saturated carbocycles. The maximum Gasteiger partial charge on any atom is 0.326 e. The number of benzene rings is 2. The van der Waals surface area contributed by atoms with Gasteiger partial charge in [0.2, 0.25) is 0 Å². The van der Waals surface area contributed by atoms with Gasteiger partial charge >= 0.3 is 6.03 Å². The van der Waals surface area contributed by atoms with Crippen molar-refractivity contribution in [1.29, 1.82) is 0 Å². The van der Waals surface area contributed by atoms with E-state index in [4.69, 9.17) is 0 Å². The largest absolute Gasteiger partial charge is 0.337 e. The Hall–Kier alpha value is -2.33. The highest BCUT2D eigenvalue weighted by atomic mass is 16.2. The molecule has 4 heteroatoms. The maximum atomic E-state index is 12.6. The van der Waals surface area contributed by atoms with Gasteiger partial charge < -0.3 is 10.2 Å². The molecule has 0 saturated heterocycles. The number of nitrogens with zero attached hydrogens (tertiary/aromatic N) is 2. The minimum absolute atomic E-state index is 0.101. The minimum atomic E-state index is -0.101. The van der Waals surface area contributed by atoms with E-state index in [2.05, 4.69) is 10.2 Å². The van der Waals surface area contributed by atoms with E-state index in [-0.39, 0.29) is 6.03 Å². The Balaban J connectivity index is 2.10. The lowest BCUT2D eigenvalue weighted by Crippen LogP contribution is -2.38. The van der Waals surface area contributed by atoms with Crippen LogP contribution in [0.3, 0.4) is 0 Å². The number of carbonyl (C=O) groups excluding carboxylic acids is 1. The molecule has 4 nitrogen and oxygen atoms in total. The molecule has 2 rings (SSSR count). The van der Waals surface area contributed by atoms with E-state index in [0.717, 1.165) is 24.3 Å². The van der Waals surface area contributed by atoms with Gasteiger partial charge in [-0.2, -0.15) is 0 Å². The predicted molar refractivity (Wildman–Crippen MR) is 91.6 cm³/mol. The summed E-state index contributed by atoms with van der Waals surface area (Å²) in [6.07, 6.45) is 0.927. The van der Waals surface area contributed by atoms with Crippen LogP contribution in [0.25, 0.3) is 0 Å². The van der Waals surface area contributed by atoms with E-state index in [1.807, 2.05) is 74.8 Å². The summed E-state index contributed by atoms with van der Waals surface area (Å²) >= 11 is 0. The summed E-state index contributed by atoms with van der Waals surface area (Å²) in [5.41, 5.74) is 1.72. The Morgan fingerprint density at radius 1 is 0.909 bits per heavy atom. The van der Waals surface area contributed by atoms with Crippen molar-refractivity contribution in [2.45, 2.75) is 6.42 Å². The molecular formula is C18H23N3O. The average molecular weight is 297 g/mol. The summed E-state index contributed by atoms with van der Waals surface area (Å²) in [6.45, 7) is 1.62. The van der Waals surface area contributed by atoms with Gasteiger partial charge in [0.15, 0.2) is 0 Å². The van der Waals surface area contributed by atoms with Crippen LogP contribution in [-0.2, 0) is 0 Å². The Kier molecular flexibility index (Phi) is 5.98. The highest BCUT2D eigenvalue weighted by Crippen LogP contribution is 2.24. The van der Waals surface area contributed by atoms with Gasteiger partial charge in [0.1, 0.15) is 0 Å². The molecule has 0 aromatic heterocycles. The molecule has 0 radical (unpaired) electrons. The highest BCUT2D eigenvalue weighted by molar-refractivity contribution is 5.99. The van der Waals surface area contributed by atoms with Crippen LogP contribution < -0.4 is 10.2 Å². The van der Waals surface area contributed by atoms with Crippen molar-refractivity contribution in [3.8, 4) is 0 Å². The first kappa shape index (κ1) is 16.0. The second-order valence-electron chi connectivity index (χ2n) is 5.40. The molecule has 2 aromatic rings. The second kappa shape index (κ2) is 8.20. The molecule has 1 N–H and O–H groups in total. The van der Waals surface area contributed by atoms with Crippen LogP contribution in [0.1, 0.15) is 6.42 Å². The molecule has 0 aliphatic heterocycles. The topological polar surface area (TPSA) is 35.6 Å². The first-order valence-electron chi connectivity index (χ1n) is 7.51. The van der Waals surface area contributed by atoms with Crippen LogP contribution in [0.5, 0.6) is 0 Å². The molecular weight excluding hydrogens is 274 g/mol. The summed E-state index contributed by atoms with van der Waals surface area (Å²) in [5, 5.41) is 3.00. The molecule has 2 aromatic carbocycles. The quantitative estimate of drug-likeness (QED) is 0.829. The number of hydrogen-bond acceptors (Lipinski definition) is 2. The van der Waals surface area contributed by atoms with Crippen molar-refractivity contribution >= 4 is 17.4 Å². The first-order chi connectivity index (χ1) is 10.7. The van der Waals surface area contributed by atoms with Gasteiger partial charge in [0, 0.05) is 6.54 Å². The van der Waals surface area contributed by atoms with Crippen molar-refractivity contribution in [1.82, 2.24) is 10.2 Å². The number of anilines is 2. The number of rotatable bonds is 6. The van der Waals surface area contributed by atoms with Gasteiger partial charge in [0.05, 0.1) is 11.4 Å². The lowest BCUT2D eigenvalue weighted by atomic mass is 10.2. The molecule has 0 atom stereocenters. The predicted octanol–water partition coefficient (Wildman–Crippen LogP) is 3.49. The van der Waals surface area contributed by atoms with Crippen LogP contribution in [0.4, 0.5) is 16.2 Å². The standard InChI is InChI=1S/C18H23N3O/c1-20(2)15-9-14-19-18(22)21(16-10-5-3-6-11-16)17-12-7-4-8-13-17/h3-8,10-13H,9,14-15H2,1-2H3,(H,19,22). The van der Waals surface area contributed by atoms with Crippen LogP contribution >= 0.6 is 0 Å². The molecule has 0 aliphatic rings. The smallest absolute Gasteiger partial charge is 0.326 e. The average Bonchev–Trinajstić information content (AvgIpc) is 2.54. The number of urea groups is 1. The van der Waals surface area contributed by atoms with Gasteiger partial charge in [0.25, 0.3) is 0 Å². The summed E-state index contributed by atoms with van der Waals surface area (Å²) in [5.74, 6) is 0. The molecule has 0 aliphatic carbocycles. The third-order valence-electron chi connectivity index (χ3n) is 3.29. The first-order valence-corrected chi connectivity index (χ1v) is 7.51. The van der Waals surface area contributed by atoms with Crippen LogP contribution in [-0.4, -0.2) is 38.1 Å². The summed E-state index contributed by atoms with van der Waals surface area (Å²) in [4.78, 5) is 16.4. The van der Waals surface area contributed by atoms with E-state index >= 15 is 0 Å². The van der Waals surface area contributed by atoms with Gasteiger partial charge in [-0.1, -0.05) is 36.4 Å². The molecule has 0 fully saturated rings. The lowest BCUT2D eigenvalue weighted by molar-refractivity contribution is 0.248. The zero-order valence-corrected chi connectivity index (χ0v) is 13.2. The number of amides is 2. The van der Waals surface area contributed by atoms with E-state index in [1.54, 1.807) is 4.90 Å². The lowest BCUT2D eigenvalue weighted by Gasteiger charge is -2.23. The van der Waals surface area contributed by atoms with Crippen molar-refractivity contribution in [2.24, 2.45) is 0 Å². The van der Waals surface area contributed by atoms with Crippen LogP contribution in [0.2, 0.25) is 0 Å². The Bertz CT molecular complexity index is 530. The maximum absolute atomic E-state index is 12.6. The van der Waals surface area contributed by atoms with Crippen molar-refractivity contribution in [3.63, 3.8) is 0 Å². The molecule has 0 unspecified atom stereocenters. The van der Waals surface area contributed by atoms with E-state index in [0.29, 0.717) is 6.54 Å².